The molecule has 0 unspecified atom stereocenters. The largest absolute Gasteiger partial charge is 0.457 e. The minimum Gasteiger partial charge on any atom is -0.457 e. The van der Waals surface area contributed by atoms with Gasteiger partial charge in [-0.15, -0.1) is 0 Å². The second kappa shape index (κ2) is 23.2. The van der Waals surface area contributed by atoms with Crippen LogP contribution in [0.5, 0.6) is 11.5 Å². The van der Waals surface area contributed by atoms with E-state index >= 15 is 0 Å². The van der Waals surface area contributed by atoms with Gasteiger partial charge >= 0.3 is 0 Å². The van der Waals surface area contributed by atoms with E-state index in [1.807, 2.05) is 36.4 Å². The number of benzene rings is 8. The van der Waals surface area contributed by atoms with E-state index in [1.165, 1.54) is 77.9 Å². The molecule has 0 saturated heterocycles. The summed E-state index contributed by atoms with van der Waals surface area (Å²) >= 11 is 0. The maximum absolute atomic E-state index is 5.74. The van der Waals surface area contributed by atoms with E-state index in [2.05, 4.69) is 213 Å². The van der Waals surface area contributed by atoms with Crippen LogP contribution in [0.2, 0.25) is 0 Å². The minimum absolute atomic E-state index is 0.889. The molecule has 0 heterocycles. The standard InChI is InChI=1S/3C15H16.C14H14O/c1-12-3-7-14(8-4-12)11-15-9-5-13(2)6-10-15;1-12-5-3-7-14(9-12)11-15-8-4-6-13(2)10-15;1-12-6-8-14(9-7-12)11-15-5-3-4-13(2)10-15;1-11-5-3-7-13(9-11)15-14-8-4-6-12(2)10-14/h3*3-10H,11H2,1-2H3;3-10H,1-2H3. The average Bonchev–Trinajstić information content (AvgIpc) is 3.21. The number of hydrogen-bond acceptors (Lipinski definition) is 1. The summed E-state index contributed by atoms with van der Waals surface area (Å²) in [6.07, 6.45) is 3.09. The van der Waals surface area contributed by atoms with Crippen molar-refractivity contribution in [3.05, 3.63) is 272 Å². The van der Waals surface area contributed by atoms with Crippen LogP contribution in [0.15, 0.2) is 194 Å². The van der Waals surface area contributed by atoms with Gasteiger partial charge in [0.1, 0.15) is 11.5 Å². The predicted octanol–water partition coefficient (Wildman–Crippen LogP) is 15.8. The number of ether oxygens (including phenoxy) is 1. The lowest BCUT2D eigenvalue weighted by Gasteiger charge is -2.06. The van der Waals surface area contributed by atoms with Gasteiger partial charge < -0.3 is 4.74 Å². The molecule has 0 amide bonds. The molecule has 8 aromatic rings. The highest BCUT2D eigenvalue weighted by Crippen LogP contribution is 2.23. The topological polar surface area (TPSA) is 9.23 Å². The van der Waals surface area contributed by atoms with E-state index in [4.69, 9.17) is 4.74 Å². The zero-order valence-electron chi connectivity index (χ0n) is 37.0. The zero-order chi connectivity index (χ0) is 42.7. The molecule has 0 spiro atoms. The lowest BCUT2D eigenvalue weighted by molar-refractivity contribution is 0.482. The first kappa shape index (κ1) is 44.7. The molecular formula is C59H62O. The zero-order valence-corrected chi connectivity index (χ0v) is 37.0. The molecule has 8 rings (SSSR count). The molecule has 0 radical (unpaired) electrons. The molecule has 0 bridgehead atoms. The van der Waals surface area contributed by atoms with Crippen LogP contribution in [-0.2, 0) is 19.3 Å². The van der Waals surface area contributed by atoms with Crippen LogP contribution in [0.25, 0.3) is 0 Å². The third kappa shape index (κ3) is 16.4. The van der Waals surface area contributed by atoms with Gasteiger partial charge in [-0.25, -0.2) is 0 Å². The van der Waals surface area contributed by atoms with Crippen molar-refractivity contribution in [3.8, 4) is 11.5 Å². The second-order valence-electron chi connectivity index (χ2n) is 16.2. The van der Waals surface area contributed by atoms with Gasteiger partial charge in [0.2, 0.25) is 0 Å². The molecular weight excluding hydrogens is 725 g/mol. The second-order valence-corrected chi connectivity index (χ2v) is 16.2. The lowest BCUT2D eigenvalue weighted by Crippen LogP contribution is -1.89. The van der Waals surface area contributed by atoms with E-state index in [0.29, 0.717) is 0 Å². The fourth-order valence-electron chi connectivity index (χ4n) is 6.78. The van der Waals surface area contributed by atoms with Crippen molar-refractivity contribution in [1.82, 2.24) is 0 Å². The number of hydrogen-bond donors (Lipinski definition) is 0. The number of rotatable bonds is 8. The Morgan fingerprint density at radius 3 is 0.767 bits per heavy atom. The van der Waals surface area contributed by atoms with Gasteiger partial charge in [-0.3, -0.25) is 0 Å². The third-order valence-corrected chi connectivity index (χ3v) is 10.0. The Morgan fingerprint density at radius 2 is 0.483 bits per heavy atom. The Balaban J connectivity index is 0.000000152. The van der Waals surface area contributed by atoms with E-state index in [-0.39, 0.29) is 0 Å². The van der Waals surface area contributed by atoms with Gasteiger partial charge in [0.25, 0.3) is 0 Å². The Bertz CT molecular complexity index is 2270. The molecule has 0 aliphatic rings. The van der Waals surface area contributed by atoms with Crippen LogP contribution >= 0.6 is 0 Å². The van der Waals surface area contributed by atoms with E-state index in [0.717, 1.165) is 30.8 Å². The van der Waals surface area contributed by atoms with Gasteiger partial charge in [0.15, 0.2) is 0 Å². The van der Waals surface area contributed by atoms with Crippen LogP contribution in [0.3, 0.4) is 0 Å². The number of aryl methyl sites for hydroxylation is 8. The predicted molar refractivity (Wildman–Crippen MR) is 258 cm³/mol. The van der Waals surface area contributed by atoms with Crippen molar-refractivity contribution in [2.75, 3.05) is 0 Å². The lowest BCUT2D eigenvalue weighted by atomic mass is 10.0. The maximum Gasteiger partial charge on any atom is 0.127 e. The minimum atomic E-state index is 0.889. The highest BCUT2D eigenvalue weighted by Gasteiger charge is 2.00. The molecule has 60 heavy (non-hydrogen) atoms. The summed E-state index contributed by atoms with van der Waals surface area (Å²) < 4.78 is 5.74. The first-order valence-corrected chi connectivity index (χ1v) is 21.1. The summed E-state index contributed by atoms with van der Waals surface area (Å²) in [4.78, 5) is 0. The molecule has 0 aromatic heterocycles. The van der Waals surface area contributed by atoms with Gasteiger partial charge in [0, 0.05) is 0 Å². The quantitative estimate of drug-likeness (QED) is 0.149. The van der Waals surface area contributed by atoms with Crippen molar-refractivity contribution < 1.29 is 4.74 Å². The van der Waals surface area contributed by atoms with Crippen molar-refractivity contribution >= 4 is 0 Å². The third-order valence-electron chi connectivity index (χ3n) is 10.0. The van der Waals surface area contributed by atoms with E-state index in [9.17, 15) is 0 Å². The SMILES string of the molecule is Cc1ccc(Cc2ccc(C)cc2)cc1.Cc1ccc(Cc2cccc(C)c2)cc1.Cc1cccc(Cc2cccc(C)c2)c1.Cc1cccc(Oc2cccc(C)c2)c1. The molecule has 0 saturated carbocycles. The van der Waals surface area contributed by atoms with Crippen molar-refractivity contribution in [2.24, 2.45) is 0 Å². The Morgan fingerprint density at radius 1 is 0.233 bits per heavy atom. The van der Waals surface area contributed by atoms with Gasteiger partial charge in [0.05, 0.1) is 0 Å². The summed E-state index contributed by atoms with van der Waals surface area (Å²) in [7, 11) is 0. The molecule has 8 aromatic carbocycles. The molecule has 304 valence electrons. The first-order chi connectivity index (χ1) is 28.9. The summed E-state index contributed by atoms with van der Waals surface area (Å²) in [6, 6.07) is 68.5. The molecule has 1 nitrogen and oxygen atoms in total. The fourth-order valence-corrected chi connectivity index (χ4v) is 6.78. The smallest absolute Gasteiger partial charge is 0.127 e. The summed E-state index contributed by atoms with van der Waals surface area (Å²) in [5, 5.41) is 0. The van der Waals surface area contributed by atoms with Crippen LogP contribution in [0.4, 0.5) is 0 Å². The normalized spacial score (nSPS) is 10.2. The van der Waals surface area contributed by atoms with Gasteiger partial charge in [-0.1, -0.05) is 203 Å². The van der Waals surface area contributed by atoms with Crippen LogP contribution in [0.1, 0.15) is 77.9 Å². The molecule has 0 aliphatic carbocycles. The van der Waals surface area contributed by atoms with Crippen LogP contribution in [-0.4, -0.2) is 0 Å². The van der Waals surface area contributed by atoms with Gasteiger partial charge in [-0.2, -0.15) is 0 Å². The Hall–Kier alpha value is -6.44. The molecule has 0 N–H and O–H groups in total. The van der Waals surface area contributed by atoms with Crippen LogP contribution in [0, 0.1) is 55.4 Å². The van der Waals surface area contributed by atoms with E-state index in [1.54, 1.807) is 0 Å². The Labute approximate surface area is 361 Å². The molecule has 0 aliphatic heterocycles. The van der Waals surface area contributed by atoms with Crippen molar-refractivity contribution in [1.29, 1.82) is 0 Å². The van der Waals surface area contributed by atoms with Crippen LogP contribution < -0.4 is 4.74 Å². The van der Waals surface area contributed by atoms with Crippen molar-refractivity contribution in [2.45, 2.75) is 74.7 Å². The molecule has 0 fully saturated rings. The maximum atomic E-state index is 5.74. The van der Waals surface area contributed by atoms with Gasteiger partial charge in [-0.05, 0) is 143 Å². The monoisotopic (exact) mass is 786 g/mol. The highest BCUT2D eigenvalue weighted by molar-refractivity contribution is 5.36. The summed E-state index contributed by atoms with van der Waals surface area (Å²) in [5.41, 5.74) is 18.7. The summed E-state index contributed by atoms with van der Waals surface area (Å²) in [6.45, 7) is 16.9. The van der Waals surface area contributed by atoms with Crippen molar-refractivity contribution in [3.63, 3.8) is 0 Å². The highest BCUT2D eigenvalue weighted by atomic mass is 16.5. The molecule has 0 atom stereocenters. The summed E-state index contributed by atoms with van der Waals surface area (Å²) in [5.74, 6) is 1.78. The molecule has 1 heteroatoms. The fraction of sp³-hybridized carbons (Fsp3) is 0.186. The van der Waals surface area contributed by atoms with E-state index < -0.39 is 0 Å². The first-order valence-electron chi connectivity index (χ1n) is 21.1. The Kier molecular flexibility index (Phi) is 17.3. The average molecular weight is 787 g/mol.